The number of hydrogen-bond donors (Lipinski definition) is 0. The first-order valence-corrected chi connectivity index (χ1v) is 11.4. The van der Waals surface area contributed by atoms with Crippen LogP contribution in [0.25, 0.3) is 12.2 Å². The van der Waals surface area contributed by atoms with Gasteiger partial charge < -0.3 is 11.7 Å². The third-order valence-electron chi connectivity index (χ3n) is 4.39. The van der Waals surface area contributed by atoms with Gasteiger partial charge in [0, 0.05) is 54.4 Å². The van der Waals surface area contributed by atoms with Crippen molar-refractivity contribution in [1.29, 1.82) is 0 Å². The van der Waals surface area contributed by atoms with E-state index in [0.717, 1.165) is 32.5 Å². The molecule has 33 heavy (non-hydrogen) atoms. The van der Waals surface area contributed by atoms with Crippen molar-refractivity contribution in [2.75, 3.05) is 13.2 Å². The van der Waals surface area contributed by atoms with Crippen LogP contribution in [-0.2, 0) is 17.6 Å². The van der Waals surface area contributed by atoms with Gasteiger partial charge in [0.05, 0.1) is 0 Å². The van der Waals surface area contributed by atoms with Gasteiger partial charge in [-0.15, -0.1) is 11.8 Å². The van der Waals surface area contributed by atoms with Crippen LogP contribution in [0.4, 0.5) is 0 Å². The number of hydrogen-bond acceptors (Lipinski definition) is 1. The Balaban J connectivity index is -0.0000000793. The van der Waals surface area contributed by atoms with Crippen LogP contribution >= 0.6 is 0 Å². The van der Waals surface area contributed by atoms with Gasteiger partial charge in [-0.05, 0) is 62.8 Å². The van der Waals surface area contributed by atoms with E-state index in [1.165, 1.54) is 28.7 Å². The Hall–Kier alpha value is -0.729. The molecule has 2 aromatic carbocycles. The van der Waals surface area contributed by atoms with E-state index in [1.807, 2.05) is 27.7 Å². The summed E-state index contributed by atoms with van der Waals surface area (Å²) in [6, 6.07) is 17.0. The first-order valence-electron chi connectivity index (χ1n) is 11.4. The SMILES string of the molecule is C1=Cc2ccccc2C1.C1=Cc2ccccc2C1.CC#CC.CCOCC.[CH2-]CCC.[HH].[HH].[HH].[Li+].[Lu]. The molecule has 4 rings (SSSR count). The standard InChI is InChI=1S/2C9H8.C4H10O.C4H9.C4H6.Li.Lu.3H2/c2*1-2-5-9-7-3-6-8(9)4-1;1-3-5-4-2;2*1-3-4-2;;;;;/h2*1-6H,7H2;3-4H2,1-2H3;1,3-4H2,2H3;1-2H3;;;3*1H/q;;;-1;;+1;;;;. The number of unbranched alkanes of at least 4 members (excludes halogenated alkanes) is 1. The molecule has 0 amide bonds. The van der Waals surface area contributed by atoms with Gasteiger partial charge in [0.1, 0.15) is 0 Å². The van der Waals surface area contributed by atoms with E-state index < -0.39 is 0 Å². The molecule has 0 atom stereocenters. The van der Waals surface area contributed by atoms with Gasteiger partial charge in [-0.1, -0.05) is 86.2 Å². The fourth-order valence-electron chi connectivity index (χ4n) is 2.60. The van der Waals surface area contributed by atoms with Crippen molar-refractivity contribution in [3.05, 3.63) is 89.9 Å². The van der Waals surface area contributed by atoms with Crippen LogP contribution in [0.2, 0.25) is 0 Å². The molecule has 1 radical (unpaired) electrons. The summed E-state index contributed by atoms with van der Waals surface area (Å²) in [5.41, 5.74) is 5.69. The van der Waals surface area contributed by atoms with Gasteiger partial charge in [0.2, 0.25) is 0 Å². The molecule has 3 heteroatoms. The number of benzene rings is 2. The minimum absolute atomic E-state index is 0. The average molecular weight is 606 g/mol. The minimum atomic E-state index is 0. The third kappa shape index (κ3) is 19.3. The van der Waals surface area contributed by atoms with E-state index >= 15 is 0 Å². The van der Waals surface area contributed by atoms with Crippen LogP contribution in [0.5, 0.6) is 0 Å². The fourth-order valence-corrected chi connectivity index (χ4v) is 2.60. The number of rotatable bonds is 3. The zero-order chi connectivity index (χ0) is 23.2. The topological polar surface area (TPSA) is 9.23 Å². The maximum Gasteiger partial charge on any atom is 1.00 e. The largest absolute Gasteiger partial charge is 1.00 e. The third-order valence-corrected chi connectivity index (χ3v) is 4.39. The quantitative estimate of drug-likeness (QED) is 0.239. The van der Waals surface area contributed by atoms with E-state index in [9.17, 15) is 0 Å². The summed E-state index contributed by atoms with van der Waals surface area (Å²) in [5.74, 6) is 5.36. The zero-order valence-electron chi connectivity index (χ0n) is 21.5. The van der Waals surface area contributed by atoms with Gasteiger partial charge in [-0.2, -0.15) is 6.42 Å². The molecule has 0 saturated heterocycles. The molecule has 189 valence electrons. The summed E-state index contributed by atoms with van der Waals surface area (Å²) in [5, 5.41) is 0. The zero-order valence-corrected chi connectivity index (χ0v) is 23.2. The maximum absolute atomic E-state index is 4.83. The molecule has 0 spiro atoms. The van der Waals surface area contributed by atoms with Crippen molar-refractivity contribution in [2.45, 2.75) is 60.3 Å². The van der Waals surface area contributed by atoms with Gasteiger partial charge in [-0.3, -0.25) is 0 Å². The summed E-state index contributed by atoms with van der Waals surface area (Å²) < 4.78 is 4.83. The van der Waals surface area contributed by atoms with Gasteiger partial charge in [0.15, 0.2) is 0 Å². The first-order chi connectivity index (χ1) is 15.2. The Morgan fingerprint density at radius 1 is 0.788 bits per heavy atom. The predicted molar refractivity (Wildman–Crippen MR) is 146 cm³/mol. The Morgan fingerprint density at radius 2 is 1.15 bits per heavy atom. The molecule has 2 aliphatic carbocycles. The molecule has 0 saturated carbocycles. The van der Waals surface area contributed by atoms with Crippen LogP contribution in [0.1, 0.15) is 74.0 Å². The predicted octanol–water partition coefficient (Wildman–Crippen LogP) is 5.95. The molecule has 1 nitrogen and oxygen atoms in total. The van der Waals surface area contributed by atoms with Crippen LogP contribution in [0.3, 0.4) is 0 Å². The second-order valence-electron chi connectivity index (χ2n) is 6.75. The van der Waals surface area contributed by atoms with Crippen molar-refractivity contribution in [1.82, 2.24) is 0 Å². The fraction of sp³-hybridized carbons (Fsp3) is 0.367. The van der Waals surface area contributed by atoms with Gasteiger partial charge >= 0.3 is 18.9 Å². The molecular formula is C30H47LiLuO. The minimum Gasteiger partial charge on any atom is -0.382 e. The molecule has 2 aromatic rings. The number of ether oxygens (including phenoxy) is 1. The Labute approximate surface area is 250 Å². The maximum atomic E-state index is 4.83. The molecule has 0 heterocycles. The average Bonchev–Trinajstić information content (AvgIpc) is 3.50. The summed E-state index contributed by atoms with van der Waals surface area (Å²) in [7, 11) is 0. The number of fused-ring (bicyclic) bond motifs is 2. The van der Waals surface area contributed by atoms with Crippen molar-refractivity contribution in [3.63, 3.8) is 0 Å². The van der Waals surface area contributed by atoms with Crippen LogP contribution in [0, 0.1) is 55.6 Å². The first kappa shape index (κ1) is 36.8. The summed E-state index contributed by atoms with van der Waals surface area (Å²) >= 11 is 0. The molecular weight excluding hydrogens is 558 g/mol. The second-order valence-corrected chi connectivity index (χ2v) is 6.75. The van der Waals surface area contributed by atoms with Crippen molar-refractivity contribution in [2.24, 2.45) is 0 Å². The van der Waals surface area contributed by atoms with E-state index in [-0.39, 0.29) is 60.0 Å². The van der Waals surface area contributed by atoms with Crippen molar-refractivity contribution in [3.8, 4) is 11.8 Å². The van der Waals surface area contributed by atoms with E-state index in [2.05, 4.69) is 98.5 Å². The molecule has 0 fully saturated rings. The summed E-state index contributed by atoms with van der Waals surface area (Å²) in [6.45, 7) is 15.0. The molecule has 0 aromatic heterocycles. The Morgan fingerprint density at radius 3 is 1.39 bits per heavy atom. The van der Waals surface area contributed by atoms with Crippen LogP contribution in [0.15, 0.2) is 60.7 Å². The summed E-state index contributed by atoms with van der Waals surface area (Å²) in [6.07, 6.45) is 13.3. The normalized spacial score (nSPS) is 10.1. The van der Waals surface area contributed by atoms with Crippen molar-refractivity contribution >= 4 is 12.2 Å². The van der Waals surface area contributed by atoms with E-state index in [1.54, 1.807) is 0 Å². The van der Waals surface area contributed by atoms with Crippen LogP contribution in [-0.4, -0.2) is 13.2 Å². The Bertz CT molecular complexity index is 765. The van der Waals surface area contributed by atoms with Crippen molar-refractivity contribution < 1.29 is 64.8 Å². The summed E-state index contributed by atoms with van der Waals surface area (Å²) in [4.78, 5) is 0. The number of allylic oxidation sites excluding steroid dienone is 2. The molecule has 0 N–H and O–H groups in total. The molecule has 0 aliphatic heterocycles. The molecule has 2 aliphatic rings. The van der Waals surface area contributed by atoms with Crippen LogP contribution < -0.4 is 18.9 Å². The smallest absolute Gasteiger partial charge is 0.382 e. The Kier molecular flexibility index (Phi) is 30.7. The monoisotopic (exact) mass is 605 g/mol. The molecule has 0 unspecified atom stereocenters. The second kappa shape index (κ2) is 27.5. The van der Waals surface area contributed by atoms with Gasteiger partial charge in [-0.25, -0.2) is 0 Å². The molecule has 0 bridgehead atoms. The van der Waals surface area contributed by atoms with E-state index in [4.69, 9.17) is 4.74 Å². The van der Waals surface area contributed by atoms with Gasteiger partial charge in [0.25, 0.3) is 0 Å². The van der Waals surface area contributed by atoms with E-state index in [0.29, 0.717) is 0 Å².